The molecule has 0 amide bonds. The van der Waals surface area contributed by atoms with Crippen LogP contribution in [0.2, 0.25) is 5.02 Å². The van der Waals surface area contributed by atoms with Gasteiger partial charge < -0.3 is 5.32 Å². The molecule has 7 heteroatoms. The Morgan fingerprint density at radius 2 is 2.05 bits per heavy atom. The van der Waals surface area contributed by atoms with Gasteiger partial charge in [-0.05, 0) is 49.1 Å². The Morgan fingerprint density at radius 1 is 1.29 bits per heavy atom. The molecule has 0 atom stereocenters. The van der Waals surface area contributed by atoms with Crippen molar-refractivity contribution in [3.8, 4) is 0 Å². The van der Waals surface area contributed by atoms with Gasteiger partial charge in [0.2, 0.25) is 10.0 Å². The highest BCUT2D eigenvalue weighted by molar-refractivity contribution is 7.98. The summed E-state index contributed by atoms with van der Waals surface area (Å²) in [6, 6.07) is 4.88. The van der Waals surface area contributed by atoms with Gasteiger partial charge in [-0.1, -0.05) is 24.6 Å². The summed E-state index contributed by atoms with van der Waals surface area (Å²) in [5, 5.41) is 3.72. The zero-order chi connectivity index (χ0) is 15.7. The largest absolute Gasteiger partial charge is 0.313 e. The SMILES string of the molecule is CCCNCc1ccc(S(=O)(=O)NCCCSC)cc1Cl. The number of thioether (sulfide) groups is 1. The highest BCUT2D eigenvalue weighted by Gasteiger charge is 2.14. The number of rotatable bonds is 10. The van der Waals surface area contributed by atoms with Crippen molar-refractivity contribution in [3.05, 3.63) is 28.8 Å². The van der Waals surface area contributed by atoms with Gasteiger partial charge in [0.05, 0.1) is 4.90 Å². The maximum absolute atomic E-state index is 12.1. The lowest BCUT2D eigenvalue weighted by atomic mass is 10.2. The van der Waals surface area contributed by atoms with E-state index >= 15 is 0 Å². The van der Waals surface area contributed by atoms with Crippen molar-refractivity contribution in [1.82, 2.24) is 10.0 Å². The third kappa shape index (κ3) is 6.57. The Kier molecular flexibility index (Phi) is 8.66. The fourth-order valence-corrected chi connectivity index (χ4v) is 3.59. The molecule has 4 nitrogen and oxygen atoms in total. The molecule has 1 aromatic carbocycles. The van der Waals surface area contributed by atoms with Gasteiger partial charge >= 0.3 is 0 Å². The quantitative estimate of drug-likeness (QED) is 0.637. The van der Waals surface area contributed by atoms with Crippen LogP contribution in [0.1, 0.15) is 25.3 Å². The summed E-state index contributed by atoms with van der Waals surface area (Å²) in [7, 11) is -3.47. The maximum atomic E-state index is 12.1. The van der Waals surface area contributed by atoms with E-state index in [9.17, 15) is 8.42 Å². The average molecular weight is 351 g/mol. The summed E-state index contributed by atoms with van der Waals surface area (Å²) in [5.41, 5.74) is 0.909. The van der Waals surface area contributed by atoms with Gasteiger partial charge in [0.25, 0.3) is 0 Å². The molecule has 0 spiro atoms. The zero-order valence-corrected chi connectivity index (χ0v) is 14.9. The van der Waals surface area contributed by atoms with Crippen LogP contribution in [0, 0.1) is 0 Å². The van der Waals surface area contributed by atoms with E-state index in [2.05, 4.69) is 17.0 Å². The Hall–Kier alpha value is -0.270. The summed E-state index contributed by atoms with van der Waals surface area (Å²) in [6.07, 6.45) is 3.86. The van der Waals surface area contributed by atoms with Crippen LogP contribution in [0.3, 0.4) is 0 Å². The molecule has 0 aromatic heterocycles. The fraction of sp³-hybridized carbons (Fsp3) is 0.571. The summed E-state index contributed by atoms with van der Waals surface area (Å²) in [6.45, 7) is 4.09. The van der Waals surface area contributed by atoms with E-state index in [0.717, 1.165) is 30.7 Å². The van der Waals surface area contributed by atoms with E-state index in [1.165, 1.54) is 6.07 Å². The first-order valence-electron chi connectivity index (χ1n) is 6.99. The van der Waals surface area contributed by atoms with Crippen LogP contribution in [-0.2, 0) is 16.6 Å². The minimum Gasteiger partial charge on any atom is -0.313 e. The first-order valence-corrected chi connectivity index (χ1v) is 10.2. The summed E-state index contributed by atoms with van der Waals surface area (Å²) >= 11 is 7.86. The van der Waals surface area contributed by atoms with Gasteiger partial charge in [0.1, 0.15) is 0 Å². The van der Waals surface area contributed by atoms with Crippen LogP contribution >= 0.6 is 23.4 Å². The number of hydrogen-bond acceptors (Lipinski definition) is 4. The van der Waals surface area contributed by atoms with Gasteiger partial charge in [-0.15, -0.1) is 0 Å². The molecule has 0 aliphatic heterocycles. The number of halogens is 1. The highest BCUT2D eigenvalue weighted by atomic mass is 35.5. The zero-order valence-electron chi connectivity index (χ0n) is 12.5. The Labute approximate surface area is 137 Å². The summed E-state index contributed by atoms with van der Waals surface area (Å²) in [5.74, 6) is 0.936. The molecule has 0 heterocycles. The van der Waals surface area contributed by atoms with Gasteiger partial charge in [-0.3, -0.25) is 0 Å². The van der Waals surface area contributed by atoms with Crippen molar-refractivity contribution in [2.45, 2.75) is 31.2 Å². The molecule has 0 saturated carbocycles. The van der Waals surface area contributed by atoms with E-state index in [4.69, 9.17) is 11.6 Å². The predicted octanol–water partition coefficient (Wildman–Crippen LogP) is 2.87. The molecule has 2 N–H and O–H groups in total. The molecule has 0 radical (unpaired) electrons. The Balaban J connectivity index is 2.68. The smallest absolute Gasteiger partial charge is 0.240 e. The predicted molar refractivity (Wildman–Crippen MR) is 91.6 cm³/mol. The molecule has 1 rings (SSSR count). The Morgan fingerprint density at radius 3 is 2.67 bits per heavy atom. The summed E-state index contributed by atoms with van der Waals surface area (Å²) in [4.78, 5) is 0.218. The lowest BCUT2D eigenvalue weighted by Gasteiger charge is -2.10. The standard InChI is InChI=1S/C14H23ClN2O2S2/c1-3-7-16-11-12-5-6-13(10-14(12)15)21(18,19)17-8-4-9-20-2/h5-6,10,16-17H,3-4,7-9,11H2,1-2H3. The van der Waals surface area contributed by atoms with E-state index in [1.54, 1.807) is 23.9 Å². The third-order valence-corrected chi connectivity index (χ3v) is 5.40. The van der Waals surface area contributed by atoms with Gasteiger partial charge in [0, 0.05) is 18.1 Å². The van der Waals surface area contributed by atoms with Crippen LogP contribution < -0.4 is 10.0 Å². The minimum absolute atomic E-state index is 0.218. The van der Waals surface area contributed by atoms with Gasteiger partial charge in [0.15, 0.2) is 0 Å². The normalized spacial score (nSPS) is 11.8. The number of benzene rings is 1. The second-order valence-corrected chi connectivity index (χ2v) is 7.83. The number of nitrogens with one attached hydrogen (secondary N) is 2. The van der Waals surface area contributed by atoms with E-state index < -0.39 is 10.0 Å². The molecule has 0 aliphatic rings. The van der Waals surface area contributed by atoms with Crippen LogP contribution in [0.25, 0.3) is 0 Å². The van der Waals surface area contributed by atoms with Crippen molar-refractivity contribution in [2.75, 3.05) is 25.1 Å². The lowest BCUT2D eigenvalue weighted by molar-refractivity contribution is 0.581. The average Bonchev–Trinajstić information content (AvgIpc) is 2.45. The molecule has 0 fully saturated rings. The van der Waals surface area contributed by atoms with E-state index in [0.29, 0.717) is 18.1 Å². The summed E-state index contributed by atoms with van der Waals surface area (Å²) < 4.78 is 26.8. The second-order valence-electron chi connectivity index (χ2n) is 4.67. The third-order valence-electron chi connectivity index (χ3n) is 2.89. The van der Waals surface area contributed by atoms with Crippen LogP contribution in [0.4, 0.5) is 0 Å². The fourth-order valence-electron chi connectivity index (χ4n) is 1.74. The molecule has 0 unspecified atom stereocenters. The van der Waals surface area contributed by atoms with Crippen molar-refractivity contribution < 1.29 is 8.42 Å². The van der Waals surface area contributed by atoms with Crippen molar-refractivity contribution in [1.29, 1.82) is 0 Å². The molecular formula is C14H23ClN2O2S2. The maximum Gasteiger partial charge on any atom is 0.240 e. The van der Waals surface area contributed by atoms with Crippen molar-refractivity contribution in [3.63, 3.8) is 0 Å². The van der Waals surface area contributed by atoms with Gasteiger partial charge in [-0.2, -0.15) is 11.8 Å². The molecule has 1 aromatic rings. The van der Waals surface area contributed by atoms with E-state index in [-0.39, 0.29) is 4.90 Å². The van der Waals surface area contributed by atoms with Crippen LogP contribution in [0.15, 0.2) is 23.1 Å². The molecule has 0 saturated heterocycles. The molecule has 0 aliphatic carbocycles. The molecule has 21 heavy (non-hydrogen) atoms. The molecular weight excluding hydrogens is 328 g/mol. The van der Waals surface area contributed by atoms with Crippen molar-refractivity contribution in [2.24, 2.45) is 0 Å². The minimum atomic E-state index is -3.47. The molecule has 120 valence electrons. The molecule has 0 bridgehead atoms. The van der Waals surface area contributed by atoms with Crippen LogP contribution in [0.5, 0.6) is 0 Å². The second kappa shape index (κ2) is 9.69. The number of hydrogen-bond donors (Lipinski definition) is 2. The Bertz CT molecular complexity index is 536. The van der Waals surface area contributed by atoms with Gasteiger partial charge in [-0.25, -0.2) is 13.1 Å². The van der Waals surface area contributed by atoms with Crippen LogP contribution in [-0.4, -0.2) is 33.5 Å². The number of sulfonamides is 1. The first kappa shape index (κ1) is 18.8. The topological polar surface area (TPSA) is 58.2 Å². The highest BCUT2D eigenvalue weighted by Crippen LogP contribution is 2.20. The lowest BCUT2D eigenvalue weighted by Crippen LogP contribution is -2.25. The van der Waals surface area contributed by atoms with Crippen molar-refractivity contribution >= 4 is 33.4 Å². The first-order chi connectivity index (χ1) is 10.0. The van der Waals surface area contributed by atoms with E-state index in [1.807, 2.05) is 6.26 Å². The monoisotopic (exact) mass is 350 g/mol.